The van der Waals surface area contributed by atoms with Gasteiger partial charge in [0.05, 0.1) is 0 Å². The molecule has 0 fully saturated rings. The summed E-state index contributed by atoms with van der Waals surface area (Å²) < 4.78 is 2.40. The van der Waals surface area contributed by atoms with Crippen molar-refractivity contribution in [3.05, 3.63) is 42.6 Å². The lowest BCUT2D eigenvalue weighted by atomic mass is 10.1. The van der Waals surface area contributed by atoms with Gasteiger partial charge in [-0.2, -0.15) is 4.57 Å². The van der Waals surface area contributed by atoms with Crippen molar-refractivity contribution < 1.29 is 4.57 Å². The summed E-state index contributed by atoms with van der Waals surface area (Å²) in [7, 11) is 0. The van der Waals surface area contributed by atoms with Gasteiger partial charge in [0.2, 0.25) is 5.52 Å². The molecular formula is C21H31BrN+. The van der Waals surface area contributed by atoms with Crippen molar-refractivity contribution in [2.45, 2.75) is 70.8 Å². The Balaban J connectivity index is 1.54. The number of pyridine rings is 1. The molecule has 2 aromatic rings. The highest BCUT2D eigenvalue weighted by Gasteiger charge is 2.06. The molecule has 0 spiro atoms. The minimum absolute atomic E-state index is 1.15. The zero-order chi connectivity index (χ0) is 16.2. The quantitative estimate of drug-likeness (QED) is 0.228. The Labute approximate surface area is 150 Å². The van der Waals surface area contributed by atoms with Crippen LogP contribution in [-0.4, -0.2) is 5.33 Å². The Bertz CT molecular complexity index is 547. The maximum absolute atomic E-state index is 3.50. The van der Waals surface area contributed by atoms with Crippen LogP contribution in [0, 0.1) is 0 Å². The molecule has 0 N–H and O–H groups in total. The first kappa shape index (κ1) is 18.4. The van der Waals surface area contributed by atoms with Crippen molar-refractivity contribution in [3.63, 3.8) is 0 Å². The molecule has 0 aliphatic rings. The molecule has 126 valence electrons. The normalized spacial score (nSPS) is 11.2. The molecular weight excluding hydrogens is 346 g/mol. The second-order valence-corrected chi connectivity index (χ2v) is 7.28. The zero-order valence-corrected chi connectivity index (χ0v) is 15.9. The van der Waals surface area contributed by atoms with E-state index in [4.69, 9.17) is 0 Å². The first-order valence-electron chi connectivity index (χ1n) is 9.35. The number of rotatable bonds is 12. The number of hydrogen-bond donors (Lipinski definition) is 0. The van der Waals surface area contributed by atoms with Crippen LogP contribution in [0.3, 0.4) is 0 Å². The Morgan fingerprint density at radius 2 is 1.22 bits per heavy atom. The van der Waals surface area contributed by atoms with E-state index in [0.717, 1.165) is 6.54 Å². The van der Waals surface area contributed by atoms with E-state index in [1.807, 2.05) is 0 Å². The summed E-state index contributed by atoms with van der Waals surface area (Å²) in [5, 5.41) is 2.51. The van der Waals surface area contributed by atoms with Gasteiger partial charge in [-0.1, -0.05) is 73.0 Å². The van der Waals surface area contributed by atoms with Crippen LogP contribution < -0.4 is 4.57 Å². The summed E-state index contributed by atoms with van der Waals surface area (Å²) >= 11 is 3.50. The minimum atomic E-state index is 1.15. The van der Waals surface area contributed by atoms with Crippen LogP contribution in [-0.2, 0) is 6.54 Å². The highest BCUT2D eigenvalue weighted by atomic mass is 79.9. The standard InChI is InChI=1S/C21H31BrN/c22-17-11-7-5-3-1-2-4-6-8-12-18-23-19-13-15-20-14-9-10-16-21(20)23/h9-10,13-16,19H,1-8,11-12,17-18H2/q+1. The number of para-hydroxylation sites is 1. The van der Waals surface area contributed by atoms with Crippen LogP contribution in [0.15, 0.2) is 42.6 Å². The lowest BCUT2D eigenvalue weighted by Crippen LogP contribution is -2.33. The van der Waals surface area contributed by atoms with Gasteiger partial charge < -0.3 is 0 Å². The summed E-state index contributed by atoms with van der Waals surface area (Å²) in [6, 6.07) is 13.0. The van der Waals surface area contributed by atoms with Crippen LogP contribution in [0.25, 0.3) is 10.9 Å². The molecule has 0 saturated carbocycles. The van der Waals surface area contributed by atoms with Gasteiger partial charge in [0.15, 0.2) is 6.20 Å². The topological polar surface area (TPSA) is 3.88 Å². The number of aryl methyl sites for hydroxylation is 1. The van der Waals surface area contributed by atoms with Crippen molar-refractivity contribution in [1.82, 2.24) is 0 Å². The van der Waals surface area contributed by atoms with Crippen LogP contribution >= 0.6 is 15.9 Å². The minimum Gasteiger partial charge on any atom is -0.198 e. The number of aromatic nitrogens is 1. The number of alkyl halides is 1. The predicted octanol–water partition coefficient (Wildman–Crippen LogP) is 6.42. The Kier molecular flexibility index (Phi) is 9.32. The first-order valence-corrected chi connectivity index (χ1v) is 10.5. The van der Waals surface area contributed by atoms with Crippen molar-refractivity contribution >= 4 is 26.8 Å². The third-order valence-electron chi connectivity index (χ3n) is 4.57. The summed E-state index contributed by atoms with van der Waals surface area (Å²) in [6.45, 7) is 1.15. The molecule has 0 atom stereocenters. The maximum atomic E-state index is 3.50. The SMILES string of the molecule is BrCCCCCCCCCCCC[n+]1cccc2ccccc21. The first-order chi connectivity index (χ1) is 11.4. The zero-order valence-electron chi connectivity index (χ0n) is 14.4. The van der Waals surface area contributed by atoms with Gasteiger partial charge in [-0.3, -0.25) is 0 Å². The highest BCUT2D eigenvalue weighted by molar-refractivity contribution is 9.09. The van der Waals surface area contributed by atoms with Gasteiger partial charge in [0.25, 0.3) is 0 Å². The van der Waals surface area contributed by atoms with E-state index in [0.29, 0.717) is 0 Å². The molecule has 2 rings (SSSR count). The van der Waals surface area contributed by atoms with Gasteiger partial charge in [0, 0.05) is 29.3 Å². The number of hydrogen-bond acceptors (Lipinski definition) is 0. The molecule has 0 saturated heterocycles. The molecule has 1 aromatic heterocycles. The summed E-state index contributed by atoms with van der Waals surface area (Å²) in [5.41, 5.74) is 1.36. The number of benzene rings is 1. The van der Waals surface area contributed by atoms with Crippen LogP contribution in [0.5, 0.6) is 0 Å². The molecule has 0 aliphatic heterocycles. The lowest BCUT2D eigenvalue weighted by Gasteiger charge is -2.03. The number of nitrogens with zero attached hydrogens (tertiary/aromatic N) is 1. The number of halogens is 1. The van der Waals surface area contributed by atoms with Gasteiger partial charge in [-0.15, -0.1) is 0 Å². The second kappa shape index (κ2) is 11.6. The van der Waals surface area contributed by atoms with Crippen LogP contribution in [0.1, 0.15) is 64.2 Å². The predicted molar refractivity (Wildman–Crippen MR) is 104 cm³/mol. The largest absolute Gasteiger partial charge is 0.212 e. The van der Waals surface area contributed by atoms with E-state index >= 15 is 0 Å². The van der Waals surface area contributed by atoms with Gasteiger partial charge in [-0.25, -0.2) is 0 Å². The lowest BCUT2D eigenvalue weighted by molar-refractivity contribution is -0.671. The molecule has 1 nitrogen and oxygen atoms in total. The molecule has 1 aromatic carbocycles. The highest BCUT2D eigenvalue weighted by Crippen LogP contribution is 2.12. The number of unbranched alkanes of at least 4 members (excludes halogenated alkanes) is 9. The average molecular weight is 377 g/mol. The van der Waals surface area contributed by atoms with E-state index in [1.54, 1.807) is 0 Å². The van der Waals surface area contributed by atoms with Crippen LogP contribution in [0.2, 0.25) is 0 Å². The molecule has 2 heteroatoms. The summed E-state index contributed by atoms with van der Waals surface area (Å²) in [5.74, 6) is 0. The van der Waals surface area contributed by atoms with Crippen molar-refractivity contribution in [1.29, 1.82) is 0 Å². The fourth-order valence-corrected chi connectivity index (χ4v) is 3.60. The third kappa shape index (κ3) is 7.03. The molecule has 0 radical (unpaired) electrons. The number of fused-ring (bicyclic) bond motifs is 1. The molecule has 0 unspecified atom stereocenters. The average Bonchev–Trinajstić information content (AvgIpc) is 2.60. The van der Waals surface area contributed by atoms with E-state index in [1.165, 1.54) is 80.4 Å². The molecule has 0 amide bonds. The molecule has 1 heterocycles. The van der Waals surface area contributed by atoms with Gasteiger partial charge in [-0.05, 0) is 25.0 Å². The smallest absolute Gasteiger partial charge is 0.198 e. The van der Waals surface area contributed by atoms with Gasteiger partial charge in [0.1, 0.15) is 6.54 Å². The van der Waals surface area contributed by atoms with E-state index in [9.17, 15) is 0 Å². The van der Waals surface area contributed by atoms with Crippen molar-refractivity contribution in [2.24, 2.45) is 0 Å². The fourth-order valence-electron chi connectivity index (χ4n) is 3.21. The van der Waals surface area contributed by atoms with Crippen molar-refractivity contribution in [2.75, 3.05) is 5.33 Å². The molecule has 0 aliphatic carbocycles. The van der Waals surface area contributed by atoms with Gasteiger partial charge >= 0.3 is 0 Å². The second-order valence-electron chi connectivity index (χ2n) is 6.48. The van der Waals surface area contributed by atoms with E-state index in [2.05, 4.69) is 63.1 Å². The van der Waals surface area contributed by atoms with Crippen LogP contribution in [0.4, 0.5) is 0 Å². The maximum Gasteiger partial charge on any atom is 0.212 e. The third-order valence-corrected chi connectivity index (χ3v) is 5.13. The van der Waals surface area contributed by atoms with E-state index < -0.39 is 0 Å². The summed E-state index contributed by atoms with van der Waals surface area (Å²) in [6.07, 6.45) is 16.1. The monoisotopic (exact) mass is 376 g/mol. The van der Waals surface area contributed by atoms with Crippen molar-refractivity contribution in [3.8, 4) is 0 Å². The Hall–Kier alpha value is -0.890. The van der Waals surface area contributed by atoms with E-state index in [-0.39, 0.29) is 0 Å². The fraction of sp³-hybridized carbons (Fsp3) is 0.571. The molecule has 23 heavy (non-hydrogen) atoms. The summed E-state index contributed by atoms with van der Waals surface area (Å²) in [4.78, 5) is 0. The molecule has 0 bridgehead atoms. The Morgan fingerprint density at radius 3 is 1.91 bits per heavy atom. The Morgan fingerprint density at radius 1 is 0.652 bits per heavy atom.